The van der Waals surface area contributed by atoms with E-state index in [1.807, 2.05) is 0 Å². The minimum atomic E-state index is -0.612. The van der Waals surface area contributed by atoms with E-state index in [1.165, 1.54) is 0 Å². The van der Waals surface area contributed by atoms with E-state index >= 15 is 0 Å². The van der Waals surface area contributed by atoms with E-state index < -0.39 is 6.03 Å². The Labute approximate surface area is 126 Å². The minimum absolute atomic E-state index is 0.269. The van der Waals surface area contributed by atoms with Crippen molar-refractivity contribution in [1.82, 2.24) is 10.5 Å². The molecule has 7 heteroatoms. The summed E-state index contributed by atoms with van der Waals surface area (Å²) in [5.74, 6) is 0.946. The van der Waals surface area contributed by atoms with Crippen LogP contribution in [0.5, 0.6) is 0 Å². The largest absolute Gasteiger partial charge is 0.360 e. The molecule has 4 N–H and O–H groups in total. The number of hydrogen-bond donors (Lipinski definition) is 3. The number of carbonyl (C=O) groups is 2. The van der Waals surface area contributed by atoms with Gasteiger partial charge in [0.1, 0.15) is 5.76 Å². The molecule has 0 bridgehead atoms. The third-order valence-electron chi connectivity index (χ3n) is 3.42. The average molecular weight is 300 g/mol. The number of nitrogens with one attached hydrogen (secondary N) is 2. The summed E-state index contributed by atoms with van der Waals surface area (Å²) in [6.07, 6.45) is 2.20. The number of rotatable bonds is 5. The molecule has 3 amide bonds. The Bertz CT molecular complexity index is 689. The molecule has 1 aliphatic carbocycles. The van der Waals surface area contributed by atoms with Crippen molar-refractivity contribution < 1.29 is 14.1 Å². The van der Waals surface area contributed by atoms with Crippen molar-refractivity contribution in [3.05, 3.63) is 47.3 Å². The summed E-state index contributed by atoms with van der Waals surface area (Å²) in [7, 11) is 0. The Morgan fingerprint density at radius 1 is 1.27 bits per heavy atom. The van der Waals surface area contributed by atoms with Crippen LogP contribution in [0.2, 0.25) is 0 Å². The number of amides is 3. The standard InChI is InChI=1S/C15H16N4O3/c16-15(21)18-11-5-1-9(2-6-11)8-17-14(20)12-7-13(22-19-12)10-3-4-10/h1-2,5-7,10H,3-4,8H2,(H,17,20)(H3,16,18,21). The summed E-state index contributed by atoms with van der Waals surface area (Å²) in [6.45, 7) is 0.362. The van der Waals surface area contributed by atoms with Gasteiger partial charge in [0.05, 0.1) is 0 Å². The smallest absolute Gasteiger partial charge is 0.316 e. The zero-order chi connectivity index (χ0) is 15.5. The van der Waals surface area contributed by atoms with Crippen LogP contribution in [0.1, 0.15) is 40.6 Å². The van der Waals surface area contributed by atoms with Gasteiger partial charge in [0, 0.05) is 24.2 Å². The fraction of sp³-hybridized carbons (Fsp3) is 0.267. The number of urea groups is 1. The first-order chi connectivity index (χ1) is 10.6. The van der Waals surface area contributed by atoms with Crippen molar-refractivity contribution in [1.29, 1.82) is 0 Å². The van der Waals surface area contributed by atoms with Crippen LogP contribution in [0, 0.1) is 0 Å². The zero-order valence-electron chi connectivity index (χ0n) is 11.8. The van der Waals surface area contributed by atoms with Gasteiger partial charge < -0.3 is 20.9 Å². The predicted octanol–water partition coefficient (Wildman–Crippen LogP) is 1.97. The van der Waals surface area contributed by atoms with Crippen molar-refractivity contribution in [2.45, 2.75) is 25.3 Å². The molecule has 0 atom stereocenters. The van der Waals surface area contributed by atoms with Gasteiger partial charge in [-0.2, -0.15) is 0 Å². The molecule has 1 heterocycles. The SMILES string of the molecule is NC(=O)Nc1ccc(CNC(=O)c2cc(C3CC3)on2)cc1. The predicted molar refractivity (Wildman–Crippen MR) is 79.3 cm³/mol. The van der Waals surface area contributed by atoms with Crippen molar-refractivity contribution >= 4 is 17.6 Å². The van der Waals surface area contributed by atoms with Gasteiger partial charge in [-0.15, -0.1) is 0 Å². The van der Waals surface area contributed by atoms with Crippen LogP contribution in [0.25, 0.3) is 0 Å². The van der Waals surface area contributed by atoms with Crippen LogP contribution < -0.4 is 16.4 Å². The van der Waals surface area contributed by atoms with E-state index in [4.69, 9.17) is 10.3 Å². The third kappa shape index (κ3) is 3.43. The summed E-state index contributed by atoms with van der Waals surface area (Å²) < 4.78 is 5.15. The van der Waals surface area contributed by atoms with E-state index in [9.17, 15) is 9.59 Å². The molecule has 1 aliphatic rings. The molecule has 1 fully saturated rings. The Morgan fingerprint density at radius 3 is 2.64 bits per heavy atom. The van der Waals surface area contributed by atoms with Gasteiger partial charge >= 0.3 is 6.03 Å². The Balaban J connectivity index is 1.54. The van der Waals surface area contributed by atoms with Gasteiger partial charge in [-0.3, -0.25) is 4.79 Å². The zero-order valence-corrected chi connectivity index (χ0v) is 11.8. The molecular formula is C15H16N4O3. The highest BCUT2D eigenvalue weighted by Gasteiger charge is 2.28. The maximum Gasteiger partial charge on any atom is 0.316 e. The van der Waals surface area contributed by atoms with Crippen LogP contribution in [0.4, 0.5) is 10.5 Å². The van der Waals surface area contributed by atoms with E-state index in [2.05, 4.69) is 15.8 Å². The molecule has 114 valence electrons. The van der Waals surface area contributed by atoms with Gasteiger partial charge in [0.2, 0.25) is 0 Å². The van der Waals surface area contributed by atoms with Crippen molar-refractivity contribution in [2.75, 3.05) is 5.32 Å². The Kier molecular flexibility index (Phi) is 3.78. The maximum absolute atomic E-state index is 12.0. The number of hydrogen-bond acceptors (Lipinski definition) is 4. The van der Waals surface area contributed by atoms with E-state index in [1.54, 1.807) is 30.3 Å². The second-order valence-electron chi connectivity index (χ2n) is 5.26. The lowest BCUT2D eigenvalue weighted by molar-refractivity contribution is 0.0941. The second-order valence-corrected chi connectivity index (χ2v) is 5.26. The maximum atomic E-state index is 12.0. The van der Waals surface area contributed by atoms with Gasteiger partial charge in [0.15, 0.2) is 5.69 Å². The molecule has 0 spiro atoms. The highest BCUT2D eigenvalue weighted by Crippen LogP contribution is 2.40. The molecule has 0 saturated heterocycles. The highest BCUT2D eigenvalue weighted by atomic mass is 16.5. The summed E-state index contributed by atoms with van der Waals surface area (Å²) >= 11 is 0. The molecule has 0 unspecified atom stereocenters. The number of aromatic nitrogens is 1. The Morgan fingerprint density at radius 2 is 2.00 bits per heavy atom. The van der Waals surface area contributed by atoms with E-state index in [0.29, 0.717) is 23.8 Å². The summed E-state index contributed by atoms with van der Waals surface area (Å²) in [5, 5.41) is 9.03. The normalized spacial score (nSPS) is 13.6. The van der Waals surface area contributed by atoms with E-state index in [0.717, 1.165) is 24.2 Å². The molecule has 1 saturated carbocycles. The fourth-order valence-corrected chi connectivity index (χ4v) is 2.08. The second kappa shape index (κ2) is 5.88. The highest BCUT2D eigenvalue weighted by molar-refractivity contribution is 5.92. The number of benzene rings is 1. The molecule has 2 aromatic rings. The lowest BCUT2D eigenvalue weighted by Crippen LogP contribution is -2.23. The van der Waals surface area contributed by atoms with Crippen LogP contribution in [0.15, 0.2) is 34.9 Å². The third-order valence-corrected chi connectivity index (χ3v) is 3.42. The fourth-order valence-electron chi connectivity index (χ4n) is 2.08. The minimum Gasteiger partial charge on any atom is -0.360 e. The number of nitrogens with two attached hydrogens (primary N) is 1. The first-order valence-corrected chi connectivity index (χ1v) is 7.02. The monoisotopic (exact) mass is 300 g/mol. The summed E-state index contributed by atoms with van der Waals surface area (Å²) in [5.41, 5.74) is 6.83. The number of nitrogens with zero attached hydrogens (tertiary/aromatic N) is 1. The van der Waals surface area contributed by atoms with Gasteiger partial charge in [0.25, 0.3) is 5.91 Å². The number of carbonyl (C=O) groups excluding carboxylic acids is 2. The van der Waals surface area contributed by atoms with Crippen LogP contribution in [0.3, 0.4) is 0 Å². The van der Waals surface area contributed by atoms with Crippen molar-refractivity contribution in [2.24, 2.45) is 5.73 Å². The lowest BCUT2D eigenvalue weighted by atomic mass is 10.2. The molecule has 7 nitrogen and oxygen atoms in total. The lowest BCUT2D eigenvalue weighted by Gasteiger charge is -2.05. The summed E-state index contributed by atoms with van der Waals surface area (Å²) in [6, 6.07) is 8.11. The van der Waals surface area contributed by atoms with Crippen LogP contribution in [-0.2, 0) is 6.54 Å². The molecule has 1 aromatic carbocycles. The van der Waals surface area contributed by atoms with Crippen LogP contribution in [-0.4, -0.2) is 17.1 Å². The molecule has 0 aliphatic heterocycles. The molecule has 1 aromatic heterocycles. The molecule has 3 rings (SSSR count). The molecule has 0 radical (unpaired) electrons. The average Bonchev–Trinajstić information content (AvgIpc) is 3.23. The van der Waals surface area contributed by atoms with Gasteiger partial charge in [-0.25, -0.2) is 4.79 Å². The first-order valence-electron chi connectivity index (χ1n) is 7.02. The van der Waals surface area contributed by atoms with Gasteiger partial charge in [-0.05, 0) is 30.5 Å². The number of primary amides is 1. The van der Waals surface area contributed by atoms with Crippen molar-refractivity contribution in [3.63, 3.8) is 0 Å². The summed E-state index contributed by atoms with van der Waals surface area (Å²) in [4.78, 5) is 22.7. The first kappa shape index (κ1) is 14.1. The van der Waals surface area contributed by atoms with Crippen LogP contribution >= 0.6 is 0 Å². The van der Waals surface area contributed by atoms with E-state index in [-0.39, 0.29) is 5.91 Å². The van der Waals surface area contributed by atoms with Gasteiger partial charge in [-0.1, -0.05) is 17.3 Å². The topological polar surface area (TPSA) is 110 Å². The molecule has 22 heavy (non-hydrogen) atoms. The van der Waals surface area contributed by atoms with Crippen molar-refractivity contribution in [3.8, 4) is 0 Å². The molecular weight excluding hydrogens is 284 g/mol. The Hall–Kier alpha value is -2.83. The quantitative estimate of drug-likeness (QED) is 0.784. The number of anilines is 1.